The van der Waals surface area contributed by atoms with Gasteiger partial charge in [-0.25, -0.2) is 4.98 Å². The van der Waals surface area contributed by atoms with Gasteiger partial charge in [-0.15, -0.1) is 0 Å². The highest BCUT2D eigenvalue weighted by atomic mass is 16.1. The van der Waals surface area contributed by atoms with Gasteiger partial charge in [-0.2, -0.15) is 0 Å². The Kier molecular flexibility index (Phi) is 5.52. The average molecular weight is 381 g/mol. The van der Waals surface area contributed by atoms with Crippen LogP contribution in [0.3, 0.4) is 0 Å². The summed E-state index contributed by atoms with van der Waals surface area (Å²) in [6.45, 7) is 2.01. The number of nitrogens with one attached hydrogen (secondary N) is 1. The summed E-state index contributed by atoms with van der Waals surface area (Å²) in [6, 6.07) is 27.9. The number of nitrogens with zero attached hydrogens (tertiary/aromatic N) is 2. The molecular weight excluding hydrogens is 358 g/mol. The van der Waals surface area contributed by atoms with Gasteiger partial charge in [0.15, 0.2) is 0 Å². The zero-order valence-electron chi connectivity index (χ0n) is 16.3. The molecule has 4 rings (SSSR count). The van der Waals surface area contributed by atoms with E-state index in [-0.39, 0.29) is 17.9 Å². The first-order valence-corrected chi connectivity index (χ1v) is 9.71. The van der Waals surface area contributed by atoms with Crippen LogP contribution in [-0.4, -0.2) is 15.5 Å². The van der Waals surface area contributed by atoms with Crippen molar-refractivity contribution in [2.24, 2.45) is 0 Å². The summed E-state index contributed by atoms with van der Waals surface area (Å²) in [6.07, 6.45) is 5.43. The molecule has 0 aliphatic rings. The van der Waals surface area contributed by atoms with E-state index in [1.807, 2.05) is 103 Å². The van der Waals surface area contributed by atoms with Crippen molar-refractivity contribution in [3.8, 4) is 5.69 Å². The van der Waals surface area contributed by atoms with Crippen LogP contribution in [0.2, 0.25) is 0 Å². The molecule has 1 atom stereocenters. The quantitative estimate of drug-likeness (QED) is 0.517. The summed E-state index contributed by atoms with van der Waals surface area (Å²) in [7, 11) is 0. The summed E-state index contributed by atoms with van der Waals surface area (Å²) < 4.78 is 1.95. The molecular formula is C25H23N3O. The van der Waals surface area contributed by atoms with E-state index in [0.29, 0.717) is 0 Å². The Labute approximate surface area is 170 Å². The maximum absolute atomic E-state index is 13.3. The van der Waals surface area contributed by atoms with E-state index >= 15 is 0 Å². The Morgan fingerprint density at radius 2 is 1.41 bits per heavy atom. The molecule has 0 bridgehead atoms. The van der Waals surface area contributed by atoms with E-state index in [4.69, 9.17) is 0 Å². The fraction of sp³-hybridized carbons (Fsp3) is 0.120. The van der Waals surface area contributed by atoms with Crippen molar-refractivity contribution in [2.75, 3.05) is 0 Å². The van der Waals surface area contributed by atoms with Crippen LogP contribution in [0.15, 0.2) is 104 Å². The monoisotopic (exact) mass is 381 g/mol. The first kappa shape index (κ1) is 18.7. The number of aromatic nitrogens is 2. The van der Waals surface area contributed by atoms with Crippen LogP contribution in [0.4, 0.5) is 0 Å². The second kappa shape index (κ2) is 8.57. The van der Waals surface area contributed by atoms with E-state index in [0.717, 1.165) is 22.4 Å². The minimum absolute atomic E-state index is 0.00594. The Morgan fingerprint density at radius 3 is 1.93 bits per heavy atom. The van der Waals surface area contributed by atoms with Crippen molar-refractivity contribution in [2.45, 2.75) is 18.9 Å². The van der Waals surface area contributed by atoms with Gasteiger partial charge in [0.1, 0.15) is 0 Å². The van der Waals surface area contributed by atoms with E-state index in [2.05, 4.69) is 10.3 Å². The van der Waals surface area contributed by atoms with Gasteiger partial charge in [-0.3, -0.25) is 4.79 Å². The minimum atomic E-state index is -0.343. The highest BCUT2D eigenvalue weighted by Gasteiger charge is 2.24. The molecule has 4 nitrogen and oxygen atoms in total. The molecule has 0 spiro atoms. The molecule has 29 heavy (non-hydrogen) atoms. The third-order valence-electron chi connectivity index (χ3n) is 5.08. The average Bonchev–Trinajstić information content (AvgIpc) is 3.30. The predicted octanol–water partition coefficient (Wildman–Crippen LogP) is 4.88. The minimum Gasteiger partial charge on any atom is -0.349 e. The van der Waals surface area contributed by atoms with E-state index in [1.54, 1.807) is 12.5 Å². The number of benzene rings is 3. The van der Waals surface area contributed by atoms with Crippen molar-refractivity contribution in [3.63, 3.8) is 0 Å². The summed E-state index contributed by atoms with van der Waals surface area (Å²) in [5.74, 6) is -0.348. The fourth-order valence-electron chi connectivity index (χ4n) is 3.51. The van der Waals surface area contributed by atoms with Gasteiger partial charge in [-0.05, 0) is 35.7 Å². The standard InChI is InChI=1S/C25H23N3O/c1-19(20-12-14-23(15-13-20)28-17-16-26-18-28)27-25(29)24(21-8-4-2-5-9-21)22-10-6-3-7-11-22/h2-19,24H,1H3,(H,27,29)/t19-/m0/s1. The normalized spacial score (nSPS) is 11.9. The summed E-state index contributed by atoms with van der Waals surface area (Å²) in [4.78, 5) is 17.3. The lowest BCUT2D eigenvalue weighted by atomic mass is 9.90. The molecule has 1 aromatic heterocycles. The SMILES string of the molecule is C[C@H](NC(=O)C(c1ccccc1)c1ccccc1)c1ccc(-n2ccnc2)cc1. The Balaban J connectivity index is 1.54. The van der Waals surface area contributed by atoms with Crippen molar-refractivity contribution in [1.82, 2.24) is 14.9 Å². The molecule has 1 heterocycles. The van der Waals surface area contributed by atoms with Gasteiger partial charge in [0.2, 0.25) is 5.91 Å². The summed E-state index contributed by atoms with van der Waals surface area (Å²) in [5, 5.41) is 3.19. The number of hydrogen-bond acceptors (Lipinski definition) is 2. The highest BCUT2D eigenvalue weighted by molar-refractivity contribution is 5.87. The molecule has 144 valence electrons. The van der Waals surface area contributed by atoms with Crippen LogP contribution in [-0.2, 0) is 4.79 Å². The lowest BCUT2D eigenvalue weighted by molar-refractivity contribution is -0.122. The molecule has 4 aromatic rings. The van der Waals surface area contributed by atoms with Crippen LogP contribution in [0.5, 0.6) is 0 Å². The summed E-state index contributed by atoms with van der Waals surface area (Å²) >= 11 is 0. The van der Waals surface area contributed by atoms with E-state index in [9.17, 15) is 4.79 Å². The zero-order valence-corrected chi connectivity index (χ0v) is 16.3. The van der Waals surface area contributed by atoms with Crippen LogP contribution >= 0.6 is 0 Å². The van der Waals surface area contributed by atoms with Crippen LogP contribution in [0.1, 0.15) is 35.6 Å². The first-order valence-electron chi connectivity index (χ1n) is 9.71. The van der Waals surface area contributed by atoms with Crippen molar-refractivity contribution >= 4 is 5.91 Å². The number of hydrogen-bond donors (Lipinski definition) is 1. The molecule has 0 saturated carbocycles. The molecule has 4 heteroatoms. The molecule has 0 aliphatic carbocycles. The number of carbonyl (C=O) groups is 1. The smallest absolute Gasteiger partial charge is 0.232 e. The predicted molar refractivity (Wildman–Crippen MR) is 115 cm³/mol. The topological polar surface area (TPSA) is 46.9 Å². The molecule has 0 unspecified atom stereocenters. The molecule has 0 aliphatic heterocycles. The summed E-state index contributed by atoms with van der Waals surface area (Å²) in [5.41, 5.74) is 4.07. The largest absolute Gasteiger partial charge is 0.349 e. The fourth-order valence-corrected chi connectivity index (χ4v) is 3.51. The maximum atomic E-state index is 13.3. The molecule has 0 radical (unpaired) electrons. The van der Waals surface area contributed by atoms with Gasteiger partial charge in [-0.1, -0.05) is 72.8 Å². The van der Waals surface area contributed by atoms with Crippen molar-refractivity contribution < 1.29 is 4.79 Å². The van der Waals surface area contributed by atoms with Gasteiger partial charge in [0.25, 0.3) is 0 Å². The maximum Gasteiger partial charge on any atom is 0.232 e. The van der Waals surface area contributed by atoms with Gasteiger partial charge in [0.05, 0.1) is 18.3 Å². The molecule has 0 fully saturated rings. The number of imidazole rings is 1. The number of rotatable bonds is 6. The van der Waals surface area contributed by atoms with Crippen LogP contribution in [0.25, 0.3) is 5.69 Å². The second-order valence-corrected chi connectivity index (χ2v) is 7.05. The number of carbonyl (C=O) groups excluding carboxylic acids is 1. The number of amides is 1. The Hall–Kier alpha value is -3.66. The van der Waals surface area contributed by atoms with E-state index in [1.165, 1.54) is 0 Å². The molecule has 3 aromatic carbocycles. The zero-order chi connectivity index (χ0) is 20.1. The lowest BCUT2D eigenvalue weighted by Crippen LogP contribution is -2.32. The Morgan fingerprint density at radius 1 is 0.828 bits per heavy atom. The second-order valence-electron chi connectivity index (χ2n) is 7.05. The van der Waals surface area contributed by atoms with Crippen molar-refractivity contribution in [3.05, 3.63) is 120 Å². The van der Waals surface area contributed by atoms with Gasteiger partial charge < -0.3 is 9.88 Å². The highest BCUT2D eigenvalue weighted by Crippen LogP contribution is 2.26. The molecule has 1 amide bonds. The lowest BCUT2D eigenvalue weighted by Gasteiger charge is -2.21. The van der Waals surface area contributed by atoms with Crippen molar-refractivity contribution in [1.29, 1.82) is 0 Å². The van der Waals surface area contributed by atoms with E-state index < -0.39 is 0 Å². The third-order valence-corrected chi connectivity index (χ3v) is 5.08. The first-order chi connectivity index (χ1) is 14.2. The Bertz CT molecular complexity index is 1000. The van der Waals surface area contributed by atoms with Gasteiger partial charge >= 0.3 is 0 Å². The molecule has 1 N–H and O–H groups in total. The van der Waals surface area contributed by atoms with Crippen LogP contribution in [0, 0.1) is 0 Å². The van der Waals surface area contributed by atoms with Gasteiger partial charge in [0, 0.05) is 18.1 Å². The van der Waals surface area contributed by atoms with Crippen LogP contribution < -0.4 is 5.32 Å². The molecule has 0 saturated heterocycles. The third kappa shape index (κ3) is 4.27.